The van der Waals surface area contributed by atoms with Crippen molar-refractivity contribution in [1.29, 1.82) is 0 Å². The van der Waals surface area contributed by atoms with E-state index in [4.69, 9.17) is 0 Å². The van der Waals surface area contributed by atoms with Crippen molar-refractivity contribution in [1.82, 2.24) is 0 Å². The van der Waals surface area contributed by atoms with Crippen LogP contribution in [0.2, 0.25) is 0 Å². The first-order valence-electron chi connectivity index (χ1n) is 22.2. The van der Waals surface area contributed by atoms with Crippen molar-refractivity contribution in [2.45, 2.75) is 24.7 Å². The Balaban J connectivity index is 1.00. The van der Waals surface area contributed by atoms with Crippen molar-refractivity contribution in [3.8, 4) is 55.6 Å². The summed E-state index contributed by atoms with van der Waals surface area (Å²) in [6.07, 6.45) is 0. The highest BCUT2D eigenvalue weighted by Gasteiger charge is 2.51. The monoisotopic (exact) mass is 801 g/mol. The number of nitrogens with zero attached hydrogens (tertiary/aromatic N) is 1. The van der Waals surface area contributed by atoms with Crippen molar-refractivity contribution in [2.24, 2.45) is 0 Å². The van der Waals surface area contributed by atoms with Gasteiger partial charge in [0.15, 0.2) is 0 Å². The Labute approximate surface area is 369 Å². The Morgan fingerprint density at radius 2 is 0.730 bits per heavy atom. The molecule has 3 aliphatic rings. The minimum atomic E-state index is -0.394. The molecule has 0 fully saturated rings. The summed E-state index contributed by atoms with van der Waals surface area (Å²) in [6.45, 7) is 4.74. The number of fused-ring (bicyclic) bond motifs is 14. The van der Waals surface area contributed by atoms with E-state index in [0.717, 1.165) is 17.1 Å². The van der Waals surface area contributed by atoms with Crippen molar-refractivity contribution in [2.75, 3.05) is 4.90 Å². The smallest absolute Gasteiger partial charge is 0.0725 e. The van der Waals surface area contributed by atoms with Gasteiger partial charge in [0, 0.05) is 22.2 Å². The molecule has 3 aliphatic carbocycles. The van der Waals surface area contributed by atoms with Gasteiger partial charge in [-0.15, -0.1) is 0 Å². The molecule has 10 aromatic rings. The largest absolute Gasteiger partial charge is 0.310 e. The quantitative estimate of drug-likeness (QED) is 0.168. The van der Waals surface area contributed by atoms with Crippen LogP contribution in [0.1, 0.15) is 47.2 Å². The Morgan fingerprint density at radius 3 is 1.38 bits per heavy atom. The van der Waals surface area contributed by atoms with Gasteiger partial charge in [-0.05, 0) is 131 Å². The third kappa shape index (κ3) is 4.99. The molecule has 0 bridgehead atoms. The molecule has 1 spiro atoms. The zero-order valence-corrected chi connectivity index (χ0v) is 35.3. The zero-order chi connectivity index (χ0) is 41.9. The minimum Gasteiger partial charge on any atom is -0.310 e. The molecule has 0 unspecified atom stereocenters. The SMILES string of the molecule is CC1(C)c2ccccc2-c2ccc(N(c3ccc(-c4ccccc4)cc3)c3ccc(-c4ccc5c(c4)C4(c6ccccc6-c6ccccc64)c4ccccc4-5)c4ccccc34)cc21. The lowest BCUT2D eigenvalue weighted by Gasteiger charge is -2.31. The molecule has 0 atom stereocenters. The summed E-state index contributed by atoms with van der Waals surface area (Å²) in [6, 6.07) is 83.9. The number of hydrogen-bond donors (Lipinski definition) is 0. The van der Waals surface area contributed by atoms with Crippen LogP contribution in [0.5, 0.6) is 0 Å². The normalized spacial score (nSPS) is 14.1. The fraction of sp³-hybridized carbons (Fsp3) is 0.0645. The molecule has 10 aromatic carbocycles. The highest BCUT2D eigenvalue weighted by atomic mass is 15.1. The molecule has 296 valence electrons. The van der Waals surface area contributed by atoms with E-state index in [9.17, 15) is 0 Å². The Bertz CT molecular complexity index is 3420. The zero-order valence-electron chi connectivity index (χ0n) is 35.3. The van der Waals surface area contributed by atoms with E-state index < -0.39 is 5.41 Å². The summed E-state index contributed by atoms with van der Waals surface area (Å²) in [7, 11) is 0. The van der Waals surface area contributed by atoms with Crippen LogP contribution < -0.4 is 4.90 Å². The maximum atomic E-state index is 2.51. The Morgan fingerprint density at radius 1 is 0.286 bits per heavy atom. The van der Waals surface area contributed by atoms with Crippen LogP contribution >= 0.6 is 0 Å². The van der Waals surface area contributed by atoms with Gasteiger partial charge in [0.05, 0.1) is 11.1 Å². The van der Waals surface area contributed by atoms with Crippen LogP contribution in [-0.2, 0) is 10.8 Å². The minimum absolute atomic E-state index is 0.123. The van der Waals surface area contributed by atoms with Crippen molar-refractivity contribution >= 4 is 27.8 Å². The maximum absolute atomic E-state index is 2.51. The summed E-state index contributed by atoms with van der Waals surface area (Å²) in [5.41, 5.74) is 23.9. The van der Waals surface area contributed by atoms with Crippen molar-refractivity contribution in [3.05, 3.63) is 258 Å². The van der Waals surface area contributed by atoms with Crippen LogP contribution in [-0.4, -0.2) is 0 Å². The molecular formula is C62H43N. The summed E-state index contributed by atoms with van der Waals surface area (Å²) in [5.74, 6) is 0. The third-order valence-electron chi connectivity index (χ3n) is 14.5. The molecule has 63 heavy (non-hydrogen) atoms. The van der Waals surface area contributed by atoms with E-state index >= 15 is 0 Å². The second kappa shape index (κ2) is 13.4. The molecule has 0 saturated carbocycles. The molecular weight excluding hydrogens is 759 g/mol. The highest BCUT2D eigenvalue weighted by Crippen LogP contribution is 2.63. The predicted octanol–water partition coefficient (Wildman–Crippen LogP) is 16.3. The molecule has 0 aliphatic heterocycles. The van der Waals surface area contributed by atoms with Crippen molar-refractivity contribution < 1.29 is 0 Å². The van der Waals surface area contributed by atoms with Crippen LogP contribution in [0.3, 0.4) is 0 Å². The van der Waals surface area contributed by atoms with Gasteiger partial charge in [-0.25, -0.2) is 0 Å². The van der Waals surface area contributed by atoms with Gasteiger partial charge < -0.3 is 4.90 Å². The fourth-order valence-electron chi connectivity index (χ4n) is 11.7. The molecule has 0 aromatic heterocycles. The highest BCUT2D eigenvalue weighted by molar-refractivity contribution is 6.07. The molecule has 1 heteroatoms. The van der Waals surface area contributed by atoms with Crippen LogP contribution in [0, 0.1) is 0 Å². The first-order chi connectivity index (χ1) is 31.0. The third-order valence-corrected chi connectivity index (χ3v) is 14.5. The topological polar surface area (TPSA) is 3.24 Å². The van der Waals surface area contributed by atoms with Gasteiger partial charge in [-0.3, -0.25) is 0 Å². The lowest BCUT2D eigenvalue weighted by atomic mass is 9.70. The average Bonchev–Trinajstić information content (AvgIpc) is 3.90. The van der Waals surface area contributed by atoms with E-state index in [2.05, 4.69) is 243 Å². The predicted molar refractivity (Wildman–Crippen MR) is 263 cm³/mol. The van der Waals surface area contributed by atoms with Crippen LogP contribution in [0.25, 0.3) is 66.4 Å². The van der Waals surface area contributed by atoms with Gasteiger partial charge >= 0.3 is 0 Å². The first-order valence-corrected chi connectivity index (χ1v) is 22.2. The number of rotatable bonds is 5. The van der Waals surface area contributed by atoms with E-state index in [1.165, 1.54) is 99.8 Å². The Kier molecular flexibility index (Phi) is 7.64. The molecule has 1 nitrogen and oxygen atoms in total. The average molecular weight is 802 g/mol. The second-order valence-electron chi connectivity index (χ2n) is 18.0. The molecule has 0 saturated heterocycles. The number of hydrogen-bond acceptors (Lipinski definition) is 1. The van der Waals surface area contributed by atoms with E-state index in [0.29, 0.717) is 0 Å². The standard InChI is InChI=1S/C62H43N/c1-61(2)54-24-12-8-19-47(54)51-35-33-44(39-58(51)61)63(43-31-28-41(29-32-43)40-16-4-3-5-17-40)60-37-36-45(46-18-6-7-23-53(46)60)42-30-34-52-50-22-11-15-27-57(50)62(59(52)38-42)55-25-13-9-20-48(55)49-21-10-14-26-56(49)62/h3-39H,1-2H3. The van der Waals surface area contributed by atoms with E-state index in [1.807, 2.05) is 0 Å². The molecule has 13 rings (SSSR count). The second-order valence-corrected chi connectivity index (χ2v) is 18.0. The number of anilines is 3. The molecule has 0 amide bonds. The first kappa shape index (κ1) is 36.0. The van der Waals surface area contributed by atoms with Gasteiger partial charge in [0.2, 0.25) is 0 Å². The van der Waals surface area contributed by atoms with E-state index in [1.54, 1.807) is 0 Å². The molecule has 0 N–H and O–H groups in total. The van der Waals surface area contributed by atoms with Gasteiger partial charge in [-0.1, -0.05) is 202 Å². The van der Waals surface area contributed by atoms with Gasteiger partial charge in [0.25, 0.3) is 0 Å². The Hall–Kier alpha value is -7.74. The number of benzene rings is 10. The van der Waals surface area contributed by atoms with Crippen LogP contribution in [0.15, 0.2) is 224 Å². The van der Waals surface area contributed by atoms with Gasteiger partial charge in [-0.2, -0.15) is 0 Å². The fourth-order valence-corrected chi connectivity index (χ4v) is 11.7. The summed E-state index contributed by atoms with van der Waals surface area (Å²) >= 11 is 0. The lowest BCUT2D eigenvalue weighted by Crippen LogP contribution is -2.25. The summed E-state index contributed by atoms with van der Waals surface area (Å²) in [4.78, 5) is 2.47. The maximum Gasteiger partial charge on any atom is 0.0725 e. The van der Waals surface area contributed by atoms with Crippen molar-refractivity contribution in [3.63, 3.8) is 0 Å². The summed E-state index contributed by atoms with van der Waals surface area (Å²) < 4.78 is 0. The summed E-state index contributed by atoms with van der Waals surface area (Å²) in [5, 5.41) is 2.44. The molecule has 0 radical (unpaired) electrons. The van der Waals surface area contributed by atoms with Crippen LogP contribution in [0.4, 0.5) is 17.1 Å². The van der Waals surface area contributed by atoms with Gasteiger partial charge in [0.1, 0.15) is 0 Å². The lowest BCUT2D eigenvalue weighted by molar-refractivity contribution is 0.660. The van der Waals surface area contributed by atoms with E-state index in [-0.39, 0.29) is 5.41 Å². The molecule has 0 heterocycles.